The predicted octanol–water partition coefficient (Wildman–Crippen LogP) is 7.20. The Balaban J connectivity index is 0.00000130. The van der Waals surface area contributed by atoms with Gasteiger partial charge in [0, 0.05) is 27.6 Å². The van der Waals surface area contributed by atoms with Crippen LogP contribution < -0.4 is 0 Å². The molecule has 2 N–H and O–H groups in total. The number of fused-ring (bicyclic) bond motifs is 8. The number of nitrogens with zero attached hydrogens (tertiary/aromatic N) is 2. The fraction of sp³-hybridized carbons (Fsp3) is 0. The number of aromatic amines is 2. The van der Waals surface area contributed by atoms with E-state index in [0.717, 1.165) is 56.0 Å². The summed E-state index contributed by atoms with van der Waals surface area (Å²) >= 11 is 6.09. The zero-order valence-electron chi connectivity index (χ0n) is 17.1. The maximum absolute atomic E-state index is 6.09. The van der Waals surface area contributed by atoms with Gasteiger partial charge >= 0.3 is 0 Å². The van der Waals surface area contributed by atoms with Crippen molar-refractivity contribution in [2.75, 3.05) is 0 Å². The van der Waals surface area contributed by atoms with E-state index in [2.05, 4.69) is 21.0 Å². The minimum Gasteiger partial charge on any atom is -0.410 e. The molecule has 1 aromatic carbocycles. The van der Waals surface area contributed by atoms with E-state index in [1.54, 1.807) is 0 Å². The van der Waals surface area contributed by atoms with E-state index < -0.39 is 0 Å². The van der Waals surface area contributed by atoms with Crippen LogP contribution in [0.15, 0.2) is 60.7 Å². The Morgan fingerprint density at radius 1 is 0.667 bits per heavy atom. The first-order valence-corrected chi connectivity index (χ1v) is 10.3. The first-order chi connectivity index (χ1) is 15.2. The topological polar surface area (TPSA) is 57.4 Å². The summed E-state index contributed by atoms with van der Waals surface area (Å²) in [7, 11) is 0. The molecule has 0 aliphatic carbocycles. The van der Waals surface area contributed by atoms with Crippen molar-refractivity contribution >= 4 is 70.4 Å². The van der Waals surface area contributed by atoms with E-state index in [-0.39, 0.29) is 29.5 Å². The first-order valence-electron chi connectivity index (χ1n) is 9.95. The van der Waals surface area contributed by atoms with Gasteiger partial charge in [0.25, 0.3) is 0 Å². The molecule has 8 bridgehead atoms. The van der Waals surface area contributed by atoms with Gasteiger partial charge in [-0.3, -0.25) is 0 Å². The molecule has 5 heterocycles. The molecule has 0 saturated carbocycles. The molecular formula is C26H17Cl2FeN4-. The second kappa shape index (κ2) is 9.42. The Morgan fingerprint density at radius 2 is 1.24 bits per heavy atom. The molecule has 0 unspecified atom stereocenters. The predicted molar refractivity (Wildman–Crippen MR) is 135 cm³/mol. The van der Waals surface area contributed by atoms with Crippen LogP contribution in [0.5, 0.6) is 0 Å². The molecule has 33 heavy (non-hydrogen) atoms. The van der Waals surface area contributed by atoms with E-state index >= 15 is 0 Å². The summed E-state index contributed by atoms with van der Waals surface area (Å²) in [5, 5.41) is 0.708. The molecule has 0 atom stereocenters. The van der Waals surface area contributed by atoms with Crippen LogP contribution in [0, 0.1) is 6.07 Å². The second-order valence-corrected chi connectivity index (χ2v) is 7.93. The summed E-state index contributed by atoms with van der Waals surface area (Å²) < 4.78 is 0. The van der Waals surface area contributed by atoms with Crippen molar-refractivity contribution in [3.05, 3.63) is 94.5 Å². The molecule has 0 fully saturated rings. The van der Waals surface area contributed by atoms with Crippen LogP contribution in [0.25, 0.3) is 57.5 Å². The third kappa shape index (κ3) is 4.82. The Hall–Kier alpha value is -3.08. The number of nitrogens with one attached hydrogen (secondary N) is 2. The fourth-order valence-electron chi connectivity index (χ4n) is 3.79. The van der Waals surface area contributed by atoms with Crippen LogP contribution in [0.3, 0.4) is 0 Å². The van der Waals surface area contributed by atoms with Crippen molar-refractivity contribution in [2.45, 2.75) is 0 Å². The van der Waals surface area contributed by atoms with Crippen molar-refractivity contribution in [2.24, 2.45) is 0 Å². The molecule has 6 rings (SSSR count). The molecule has 7 heteroatoms. The first kappa shape index (κ1) is 23.1. The number of H-pyrrole nitrogens is 2. The Morgan fingerprint density at radius 3 is 1.91 bits per heavy atom. The van der Waals surface area contributed by atoms with Gasteiger partial charge in [-0.25, -0.2) is 9.97 Å². The molecular weight excluding hydrogens is 495 g/mol. The van der Waals surface area contributed by atoms with Crippen molar-refractivity contribution in [3.8, 4) is 11.1 Å². The maximum atomic E-state index is 6.09. The number of benzene rings is 1. The molecule has 2 aliphatic rings. The molecule has 2 aliphatic heterocycles. The zero-order valence-corrected chi connectivity index (χ0v) is 19.8. The monoisotopic (exact) mass is 511 g/mol. The summed E-state index contributed by atoms with van der Waals surface area (Å²) in [6, 6.07) is 23.5. The molecule has 0 spiro atoms. The summed E-state index contributed by atoms with van der Waals surface area (Å²) in [5.74, 6) is 0. The standard InChI is InChI=1S/C26H16ClN4.ClH.Fe/c27-17-3-1-16(2-4-17)25-14-24-13-22-8-7-20(29-22)11-18-5-6-19(28-18)12-21-9-10-23(30-21)15-26(25)31-24;;/h1-13,15,29,31H;1H;/q-1;;. The smallest absolute Gasteiger partial charge is 0.0659 e. The van der Waals surface area contributed by atoms with Crippen LogP contribution in [0.1, 0.15) is 22.8 Å². The Kier molecular flexibility index (Phi) is 6.59. The number of rotatable bonds is 1. The molecule has 164 valence electrons. The molecule has 0 saturated heterocycles. The second-order valence-electron chi connectivity index (χ2n) is 7.50. The van der Waals surface area contributed by atoms with Crippen LogP contribution in [-0.4, -0.2) is 19.9 Å². The van der Waals surface area contributed by atoms with E-state index in [1.165, 1.54) is 0 Å². The molecule has 4 aromatic rings. The van der Waals surface area contributed by atoms with Gasteiger partial charge in [0.05, 0.1) is 22.8 Å². The summed E-state index contributed by atoms with van der Waals surface area (Å²) in [6.07, 6.45) is 8.02. The van der Waals surface area contributed by atoms with Gasteiger partial charge in [-0.1, -0.05) is 59.1 Å². The summed E-state index contributed by atoms with van der Waals surface area (Å²) in [6.45, 7) is 0. The van der Waals surface area contributed by atoms with Crippen LogP contribution >= 0.6 is 24.0 Å². The zero-order chi connectivity index (χ0) is 20.8. The van der Waals surface area contributed by atoms with Gasteiger partial charge in [-0.05, 0) is 59.6 Å². The average Bonchev–Trinajstić information content (AvgIpc) is 3.54. The van der Waals surface area contributed by atoms with E-state index in [0.29, 0.717) is 5.02 Å². The van der Waals surface area contributed by atoms with E-state index in [9.17, 15) is 0 Å². The number of hydrogen-bond acceptors (Lipinski definition) is 2. The molecule has 0 amide bonds. The van der Waals surface area contributed by atoms with Gasteiger partial charge in [-0.15, -0.1) is 24.0 Å². The van der Waals surface area contributed by atoms with Crippen molar-refractivity contribution in [1.29, 1.82) is 0 Å². The number of halogens is 2. The normalized spacial score (nSPS) is 11.7. The van der Waals surface area contributed by atoms with Crippen LogP contribution in [-0.2, 0) is 17.1 Å². The van der Waals surface area contributed by atoms with E-state index in [1.807, 2.05) is 85.0 Å². The maximum Gasteiger partial charge on any atom is 0.0659 e. The summed E-state index contributed by atoms with van der Waals surface area (Å²) in [4.78, 5) is 16.3. The van der Waals surface area contributed by atoms with Gasteiger partial charge in [0.15, 0.2) is 0 Å². The van der Waals surface area contributed by atoms with Gasteiger partial charge in [0.1, 0.15) is 0 Å². The SMILES string of the molecule is Cl.Clc1ccc(-c2[c-]c3cc4ccc(cc5nc(cc6nc(cc2[nH]3)C=C6)C=C5)[nH]4)cc1.[Fe]. The summed E-state index contributed by atoms with van der Waals surface area (Å²) in [5.41, 5.74) is 9.35. The third-order valence-electron chi connectivity index (χ3n) is 5.22. The van der Waals surface area contributed by atoms with Crippen molar-refractivity contribution in [1.82, 2.24) is 19.9 Å². The largest absolute Gasteiger partial charge is 0.410 e. The minimum absolute atomic E-state index is 0. The quantitative estimate of drug-likeness (QED) is 0.181. The van der Waals surface area contributed by atoms with Crippen molar-refractivity contribution < 1.29 is 17.1 Å². The van der Waals surface area contributed by atoms with Gasteiger partial charge in [0.2, 0.25) is 0 Å². The number of hydrogen-bond donors (Lipinski definition) is 2. The van der Waals surface area contributed by atoms with Gasteiger partial charge in [-0.2, -0.15) is 0 Å². The fourth-order valence-corrected chi connectivity index (χ4v) is 3.91. The Labute approximate surface area is 212 Å². The Bertz CT molecular complexity index is 1550. The van der Waals surface area contributed by atoms with Crippen molar-refractivity contribution in [3.63, 3.8) is 0 Å². The molecule has 0 radical (unpaired) electrons. The number of aromatic nitrogens is 4. The van der Waals surface area contributed by atoms with Crippen LogP contribution in [0.2, 0.25) is 5.02 Å². The molecule has 4 nitrogen and oxygen atoms in total. The average molecular weight is 512 g/mol. The van der Waals surface area contributed by atoms with Gasteiger partial charge < -0.3 is 9.97 Å². The van der Waals surface area contributed by atoms with Crippen LogP contribution in [0.4, 0.5) is 0 Å². The third-order valence-corrected chi connectivity index (χ3v) is 5.47. The molecule has 3 aromatic heterocycles. The van der Waals surface area contributed by atoms with E-state index in [4.69, 9.17) is 16.6 Å². The minimum atomic E-state index is 0.